The SMILES string of the molecule is C=C(C)C(=O)NCCc1ccc(OS(=O)(=O)C(F)(F)C(F)(F)C(F)(F)S(=O)(=O)NS(=O)(=O)C(F)(F)F)cc1.[H-].[Na+]. The Hall–Kier alpha value is -1.59. The van der Waals surface area contributed by atoms with E-state index >= 15 is 0 Å². The third-order valence-electron chi connectivity index (χ3n) is 4.12. The van der Waals surface area contributed by atoms with Crippen LogP contribution < -0.4 is 43.2 Å². The average Bonchev–Trinajstić information content (AvgIpc) is 2.72. The first-order valence-electron chi connectivity index (χ1n) is 9.18. The van der Waals surface area contributed by atoms with Gasteiger partial charge in [-0.15, -0.1) is 0 Å². The number of alkyl halides is 9. The second-order valence-corrected chi connectivity index (χ2v) is 12.4. The zero-order valence-corrected chi connectivity index (χ0v) is 23.8. The number of hydrogen-bond donors (Lipinski definition) is 2. The zero-order chi connectivity index (χ0) is 30.2. The summed E-state index contributed by atoms with van der Waals surface area (Å²) >= 11 is 0. The van der Waals surface area contributed by atoms with Crippen molar-refractivity contribution < 1.29 is 105 Å². The van der Waals surface area contributed by atoms with Crippen molar-refractivity contribution in [3.8, 4) is 5.75 Å². The van der Waals surface area contributed by atoms with Crippen molar-refractivity contribution in [2.24, 2.45) is 0 Å². The van der Waals surface area contributed by atoms with E-state index in [1.165, 1.54) is 6.92 Å². The molecule has 10 nitrogen and oxygen atoms in total. The fourth-order valence-corrected chi connectivity index (χ4v) is 5.49. The van der Waals surface area contributed by atoms with Gasteiger partial charge in [-0.3, -0.25) is 4.79 Å². The molecule has 0 spiro atoms. The van der Waals surface area contributed by atoms with E-state index in [2.05, 4.69) is 16.1 Å². The Morgan fingerprint density at radius 2 is 1.33 bits per heavy atom. The van der Waals surface area contributed by atoms with Crippen molar-refractivity contribution in [2.45, 2.75) is 35.3 Å². The number of halogens is 9. The molecular weight excluding hydrogens is 638 g/mol. The Morgan fingerprint density at radius 3 is 1.74 bits per heavy atom. The molecule has 0 aliphatic heterocycles. The van der Waals surface area contributed by atoms with Crippen LogP contribution in [0.2, 0.25) is 0 Å². The Kier molecular flexibility index (Phi) is 11.6. The maximum Gasteiger partial charge on any atom is 1.00 e. The van der Waals surface area contributed by atoms with E-state index in [4.69, 9.17) is 0 Å². The Bertz CT molecular complexity index is 1400. The molecule has 0 atom stereocenters. The molecule has 0 fully saturated rings. The standard InChI is InChI=1S/C16H15F9N2O8S3.Na.H/c1-9(2)12(28)26-8-7-10-3-5-11(6-4-10)35-38(33,34)15(21,22)13(17,18)14(19,20)36(29,30)27-37(31,32)16(23,24)25;;/h3-6,27H,1,7-8H2,2H3,(H,26,28);;/q;+1;-1. The van der Waals surface area contributed by atoms with E-state index in [0.717, 1.165) is 12.1 Å². The number of carbonyl (C=O) groups is 1. The molecule has 1 aromatic rings. The Morgan fingerprint density at radius 1 is 0.872 bits per heavy atom. The number of carbonyl (C=O) groups excluding carboxylic acids is 1. The number of benzene rings is 1. The van der Waals surface area contributed by atoms with Gasteiger partial charge in [0.25, 0.3) is 10.0 Å². The number of nitrogens with one attached hydrogen (secondary N) is 2. The van der Waals surface area contributed by atoms with Gasteiger partial charge in [-0.1, -0.05) is 22.8 Å². The van der Waals surface area contributed by atoms with Gasteiger partial charge in [-0.2, -0.15) is 47.9 Å². The maximum atomic E-state index is 14.1. The topological polar surface area (TPSA) is 153 Å². The molecule has 0 saturated heterocycles. The van der Waals surface area contributed by atoms with Crippen molar-refractivity contribution in [1.82, 2.24) is 9.44 Å². The molecule has 23 heteroatoms. The molecule has 0 bridgehead atoms. The minimum absolute atomic E-state index is 0. The molecule has 0 aliphatic carbocycles. The van der Waals surface area contributed by atoms with Gasteiger partial charge in [0.2, 0.25) is 5.91 Å². The predicted molar refractivity (Wildman–Crippen MR) is 111 cm³/mol. The molecule has 220 valence electrons. The molecule has 1 amide bonds. The summed E-state index contributed by atoms with van der Waals surface area (Å²) in [4.78, 5) is 11.4. The van der Waals surface area contributed by atoms with E-state index in [-0.39, 0.29) is 55.1 Å². The quantitative estimate of drug-likeness (QED) is 0.130. The molecule has 0 radical (unpaired) electrons. The van der Waals surface area contributed by atoms with Crippen LogP contribution in [0.4, 0.5) is 39.5 Å². The van der Waals surface area contributed by atoms with Crippen LogP contribution >= 0.6 is 0 Å². The Balaban J connectivity index is 0. The van der Waals surface area contributed by atoms with Crippen LogP contribution in [0.3, 0.4) is 0 Å². The molecule has 1 aromatic carbocycles. The molecule has 2 N–H and O–H groups in total. The van der Waals surface area contributed by atoms with Gasteiger partial charge in [0.05, 0.1) is 0 Å². The average molecular weight is 654 g/mol. The van der Waals surface area contributed by atoms with Gasteiger partial charge in [0.1, 0.15) is 5.75 Å². The second-order valence-electron chi connectivity index (χ2n) is 7.11. The summed E-state index contributed by atoms with van der Waals surface area (Å²) in [6.07, 6.45) is 0.0538. The van der Waals surface area contributed by atoms with Gasteiger partial charge in [-0.05, 0) is 31.0 Å². The maximum absolute atomic E-state index is 14.1. The van der Waals surface area contributed by atoms with Gasteiger partial charge in [-0.25, -0.2) is 16.8 Å². The van der Waals surface area contributed by atoms with Crippen molar-refractivity contribution in [3.63, 3.8) is 0 Å². The Labute approximate surface area is 239 Å². The summed E-state index contributed by atoms with van der Waals surface area (Å²) in [7, 11) is -22.5. The summed E-state index contributed by atoms with van der Waals surface area (Å²) < 4.78 is 191. The number of sulfonamides is 2. The van der Waals surface area contributed by atoms with Crippen LogP contribution in [0.5, 0.6) is 5.75 Å². The first kappa shape index (κ1) is 37.4. The molecule has 39 heavy (non-hydrogen) atoms. The van der Waals surface area contributed by atoms with Gasteiger partial charge in [0, 0.05) is 12.1 Å². The normalized spacial score (nSPS) is 13.8. The third kappa shape index (κ3) is 7.79. The molecule has 1 rings (SSSR count). The summed E-state index contributed by atoms with van der Waals surface area (Å²) in [6, 6.07) is 3.10. The van der Waals surface area contributed by atoms with Crippen molar-refractivity contribution >= 4 is 36.1 Å². The largest absolute Gasteiger partial charge is 1.00 e. The van der Waals surface area contributed by atoms with Gasteiger partial charge >= 0.3 is 71.6 Å². The molecule has 0 unspecified atom stereocenters. The van der Waals surface area contributed by atoms with E-state index in [0.29, 0.717) is 12.1 Å². The third-order valence-corrected chi connectivity index (χ3v) is 8.72. The predicted octanol–water partition coefficient (Wildman–Crippen LogP) is -0.664. The molecule has 0 heterocycles. The van der Waals surface area contributed by atoms with Crippen molar-refractivity contribution in [3.05, 3.63) is 42.0 Å². The van der Waals surface area contributed by atoms with Crippen LogP contribution in [-0.4, -0.2) is 59.6 Å². The van der Waals surface area contributed by atoms with Crippen molar-refractivity contribution in [1.29, 1.82) is 0 Å². The van der Waals surface area contributed by atoms with Crippen LogP contribution in [0, 0.1) is 0 Å². The first-order valence-corrected chi connectivity index (χ1v) is 13.6. The summed E-state index contributed by atoms with van der Waals surface area (Å²) in [5, 5.41) is -12.2. The number of amides is 1. The van der Waals surface area contributed by atoms with Crippen molar-refractivity contribution in [2.75, 3.05) is 6.54 Å². The van der Waals surface area contributed by atoms with Crippen LogP contribution in [0.1, 0.15) is 13.9 Å². The molecule has 0 saturated carbocycles. The second kappa shape index (κ2) is 12.1. The number of rotatable bonds is 12. The van der Waals surface area contributed by atoms with E-state index in [1.54, 1.807) is 0 Å². The fourth-order valence-electron chi connectivity index (χ4n) is 2.10. The fraction of sp³-hybridized carbons (Fsp3) is 0.438. The summed E-state index contributed by atoms with van der Waals surface area (Å²) in [5.74, 6) is -9.30. The molecule has 0 aliphatic rings. The van der Waals surface area contributed by atoms with Crippen LogP contribution in [-0.2, 0) is 41.4 Å². The zero-order valence-electron chi connectivity index (χ0n) is 20.3. The number of hydrogen-bond acceptors (Lipinski definition) is 8. The minimum atomic E-state index is -7.88. The van der Waals surface area contributed by atoms with E-state index < -0.39 is 67.9 Å². The van der Waals surface area contributed by atoms with Crippen LogP contribution in [0.15, 0.2) is 36.4 Å². The minimum Gasteiger partial charge on any atom is -1.00 e. The summed E-state index contributed by atoms with van der Waals surface area (Å²) in [5.41, 5.74) is -6.23. The van der Waals surface area contributed by atoms with Gasteiger partial charge in [0.15, 0.2) is 0 Å². The molecular formula is C16H16F9N2NaO8S3. The molecule has 0 aromatic heterocycles. The monoisotopic (exact) mass is 654 g/mol. The van der Waals surface area contributed by atoms with Gasteiger partial charge < -0.3 is 10.9 Å². The smallest absolute Gasteiger partial charge is 1.00 e. The van der Waals surface area contributed by atoms with E-state index in [9.17, 15) is 69.6 Å². The van der Waals surface area contributed by atoms with Crippen LogP contribution in [0.25, 0.3) is 0 Å². The summed E-state index contributed by atoms with van der Waals surface area (Å²) in [6.45, 7) is 4.75. The van der Waals surface area contributed by atoms with E-state index in [1.807, 2.05) is 0 Å². The first-order chi connectivity index (χ1) is 16.7.